The van der Waals surface area contributed by atoms with Gasteiger partial charge >= 0.3 is 0 Å². The lowest BCUT2D eigenvalue weighted by Crippen LogP contribution is -2.50. The topological polar surface area (TPSA) is 86.3 Å². The third-order valence-electron chi connectivity index (χ3n) is 1.96. The van der Waals surface area contributed by atoms with Crippen LogP contribution in [0.3, 0.4) is 0 Å². The van der Waals surface area contributed by atoms with Gasteiger partial charge in [0, 0.05) is 0 Å². The maximum absolute atomic E-state index is 11.7. The number of hydrogen-bond acceptors (Lipinski definition) is 5. The molecule has 0 saturated carbocycles. The predicted molar refractivity (Wildman–Crippen MR) is 58.3 cm³/mol. The number of nitrogens with one attached hydrogen (secondary N) is 1. The molecule has 0 aliphatic heterocycles. The number of carboxylic acids is 1. The zero-order valence-corrected chi connectivity index (χ0v) is 10.5. The normalized spacial score (nSPS) is 13.9. The molecule has 0 radical (unpaired) electrons. The largest absolute Gasteiger partial charge is 0.548 e. The highest BCUT2D eigenvalue weighted by Gasteiger charge is 2.23. The van der Waals surface area contributed by atoms with Crippen LogP contribution in [0.5, 0.6) is 0 Å². The van der Waals surface area contributed by atoms with Crippen molar-refractivity contribution in [3.63, 3.8) is 0 Å². The van der Waals surface area contributed by atoms with Crippen LogP contribution in [0.2, 0.25) is 0 Å². The molecule has 5 nitrogen and oxygen atoms in total. The average Bonchev–Trinajstić information content (AvgIpc) is 2.66. The van der Waals surface area contributed by atoms with Gasteiger partial charge in [-0.15, -0.1) is 11.3 Å². The molecule has 0 saturated heterocycles. The molecule has 0 spiro atoms. The Kier molecular flexibility index (Phi) is 4.06. The highest BCUT2D eigenvalue weighted by atomic mass is 32.2. The minimum atomic E-state index is -3.76. The van der Waals surface area contributed by atoms with Gasteiger partial charge in [0.25, 0.3) is 10.0 Å². The summed E-state index contributed by atoms with van der Waals surface area (Å²) in [5, 5.41) is 12.4. The summed E-state index contributed by atoms with van der Waals surface area (Å²) in [6.45, 7) is 3.22. The Labute approximate surface area is 98.2 Å². The van der Waals surface area contributed by atoms with Gasteiger partial charge in [-0.05, 0) is 17.4 Å². The van der Waals surface area contributed by atoms with Crippen molar-refractivity contribution in [3.8, 4) is 0 Å². The number of thiophene rings is 1. The SMILES string of the molecule is CC(C)[C@@H](NS(=O)(=O)c1cccs1)C(=O)[O-]. The minimum absolute atomic E-state index is 0.0967. The maximum Gasteiger partial charge on any atom is 0.250 e. The molecule has 1 heterocycles. The minimum Gasteiger partial charge on any atom is -0.548 e. The summed E-state index contributed by atoms with van der Waals surface area (Å²) in [5.74, 6) is -1.80. The number of carbonyl (C=O) groups excluding carboxylic acids is 1. The Morgan fingerprint density at radius 1 is 1.50 bits per heavy atom. The fraction of sp³-hybridized carbons (Fsp3) is 0.444. The lowest BCUT2D eigenvalue weighted by Gasteiger charge is -2.22. The summed E-state index contributed by atoms with van der Waals surface area (Å²) in [4.78, 5) is 10.8. The highest BCUT2D eigenvalue weighted by molar-refractivity contribution is 7.91. The fourth-order valence-electron chi connectivity index (χ4n) is 1.10. The maximum atomic E-state index is 11.7. The smallest absolute Gasteiger partial charge is 0.250 e. The van der Waals surface area contributed by atoms with Crippen molar-refractivity contribution >= 4 is 27.3 Å². The van der Waals surface area contributed by atoms with Crippen LogP contribution in [0.25, 0.3) is 0 Å². The van der Waals surface area contributed by atoms with Crippen LogP contribution >= 0.6 is 11.3 Å². The second kappa shape index (κ2) is 4.94. The molecule has 1 atom stereocenters. The number of hydrogen-bond donors (Lipinski definition) is 1. The van der Waals surface area contributed by atoms with Crippen LogP contribution in [-0.2, 0) is 14.8 Å². The Morgan fingerprint density at radius 3 is 2.50 bits per heavy atom. The second-order valence-corrected chi connectivity index (χ2v) is 6.48. The summed E-state index contributed by atoms with van der Waals surface area (Å²) >= 11 is 1.03. The zero-order valence-electron chi connectivity index (χ0n) is 8.84. The van der Waals surface area contributed by atoms with Gasteiger partial charge in [0.05, 0.1) is 12.0 Å². The highest BCUT2D eigenvalue weighted by Crippen LogP contribution is 2.16. The summed E-state index contributed by atoms with van der Waals surface area (Å²) < 4.78 is 25.7. The summed E-state index contributed by atoms with van der Waals surface area (Å²) in [6.07, 6.45) is 0. The third-order valence-corrected chi connectivity index (χ3v) is 4.80. The molecular weight excluding hydrogens is 250 g/mol. The molecule has 0 aliphatic carbocycles. The summed E-state index contributed by atoms with van der Waals surface area (Å²) in [5.41, 5.74) is 0. The van der Waals surface area contributed by atoms with E-state index < -0.39 is 22.0 Å². The van der Waals surface area contributed by atoms with Crippen molar-refractivity contribution in [2.24, 2.45) is 5.92 Å². The molecule has 0 amide bonds. The van der Waals surface area contributed by atoms with Gasteiger partial charge in [0.1, 0.15) is 4.21 Å². The Hall–Kier alpha value is -0.920. The van der Waals surface area contributed by atoms with Crippen molar-refractivity contribution in [1.29, 1.82) is 0 Å². The van der Waals surface area contributed by atoms with E-state index in [-0.39, 0.29) is 10.1 Å². The van der Waals surface area contributed by atoms with Crippen LogP contribution in [0.1, 0.15) is 13.8 Å². The van der Waals surface area contributed by atoms with Crippen molar-refractivity contribution in [2.45, 2.75) is 24.1 Å². The molecule has 90 valence electrons. The van der Waals surface area contributed by atoms with Crippen LogP contribution in [0.4, 0.5) is 0 Å². The Bertz CT molecular complexity index is 450. The van der Waals surface area contributed by atoms with Gasteiger partial charge in [0.2, 0.25) is 0 Å². The lowest BCUT2D eigenvalue weighted by atomic mass is 10.1. The van der Waals surface area contributed by atoms with E-state index in [0.717, 1.165) is 11.3 Å². The Balaban J connectivity index is 2.92. The van der Waals surface area contributed by atoms with Crippen molar-refractivity contribution < 1.29 is 18.3 Å². The average molecular weight is 262 g/mol. The molecule has 1 rings (SSSR count). The number of sulfonamides is 1. The Morgan fingerprint density at radius 2 is 2.12 bits per heavy atom. The number of carboxylic acid groups (broad SMARTS) is 1. The molecule has 0 unspecified atom stereocenters. The first-order valence-electron chi connectivity index (χ1n) is 4.61. The number of rotatable bonds is 5. The van der Waals surface area contributed by atoms with Gasteiger partial charge in [-0.25, -0.2) is 13.1 Å². The van der Waals surface area contributed by atoms with E-state index in [2.05, 4.69) is 4.72 Å². The van der Waals surface area contributed by atoms with Gasteiger partial charge in [-0.1, -0.05) is 19.9 Å². The van der Waals surface area contributed by atoms with Crippen molar-refractivity contribution in [3.05, 3.63) is 17.5 Å². The second-order valence-electron chi connectivity index (χ2n) is 3.59. The van der Waals surface area contributed by atoms with E-state index in [1.165, 1.54) is 6.07 Å². The van der Waals surface area contributed by atoms with E-state index >= 15 is 0 Å². The van der Waals surface area contributed by atoms with Gasteiger partial charge in [-0.3, -0.25) is 0 Å². The van der Waals surface area contributed by atoms with Crippen LogP contribution in [0, 0.1) is 5.92 Å². The van der Waals surface area contributed by atoms with Crippen molar-refractivity contribution in [2.75, 3.05) is 0 Å². The fourth-order valence-corrected chi connectivity index (χ4v) is 3.44. The molecule has 1 aromatic rings. The molecular formula is C9H12NO4S2-. The first-order chi connectivity index (χ1) is 7.34. The summed E-state index contributed by atoms with van der Waals surface area (Å²) in [7, 11) is -3.76. The quantitative estimate of drug-likeness (QED) is 0.796. The first kappa shape index (κ1) is 13.1. The zero-order chi connectivity index (χ0) is 12.3. The monoisotopic (exact) mass is 262 g/mol. The standard InChI is InChI=1S/C9H13NO4S2/c1-6(2)8(9(11)12)10-16(13,14)7-4-3-5-15-7/h3-6,8,10H,1-2H3,(H,11,12)/p-1/t8-/m1/s1. The molecule has 1 aromatic heterocycles. The number of carbonyl (C=O) groups is 1. The summed E-state index contributed by atoms with van der Waals surface area (Å²) in [6, 6.07) is 1.79. The first-order valence-corrected chi connectivity index (χ1v) is 6.97. The molecule has 0 bridgehead atoms. The molecule has 1 N–H and O–H groups in total. The van der Waals surface area contributed by atoms with Crippen molar-refractivity contribution in [1.82, 2.24) is 4.72 Å². The van der Waals surface area contributed by atoms with Gasteiger partial charge in [-0.2, -0.15) is 0 Å². The molecule has 0 aliphatic rings. The van der Waals surface area contributed by atoms with Crippen LogP contribution in [0.15, 0.2) is 21.7 Å². The molecule has 16 heavy (non-hydrogen) atoms. The van der Waals surface area contributed by atoms with Crippen LogP contribution < -0.4 is 9.83 Å². The van der Waals surface area contributed by atoms with E-state index in [0.29, 0.717) is 0 Å². The van der Waals surface area contributed by atoms with E-state index in [9.17, 15) is 18.3 Å². The van der Waals surface area contributed by atoms with E-state index in [1.54, 1.807) is 25.3 Å². The molecule has 7 heteroatoms. The van der Waals surface area contributed by atoms with E-state index in [1.807, 2.05) is 0 Å². The number of aliphatic carboxylic acids is 1. The van der Waals surface area contributed by atoms with Gasteiger partial charge in [0.15, 0.2) is 0 Å². The third kappa shape index (κ3) is 3.03. The van der Waals surface area contributed by atoms with E-state index in [4.69, 9.17) is 0 Å². The lowest BCUT2D eigenvalue weighted by molar-refractivity contribution is -0.309. The predicted octanol–water partition coefficient (Wildman–Crippen LogP) is -0.199. The van der Waals surface area contributed by atoms with Crippen LogP contribution in [-0.4, -0.2) is 20.4 Å². The van der Waals surface area contributed by atoms with Gasteiger partial charge < -0.3 is 9.90 Å². The molecule has 0 aromatic carbocycles. The molecule has 0 fully saturated rings.